The summed E-state index contributed by atoms with van der Waals surface area (Å²) in [7, 11) is 0. The SMILES string of the molecule is CC(C)CC(CO)NCc1cc(Br)ccc1O. The number of nitrogens with one attached hydrogen (secondary N) is 1. The van der Waals surface area contributed by atoms with Crippen molar-refractivity contribution in [3.63, 3.8) is 0 Å². The second kappa shape index (κ2) is 6.99. The summed E-state index contributed by atoms with van der Waals surface area (Å²) in [5.74, 6) is 0.817. The van der Waals surface area contributed by atoms with Crippen LogP contribution < -0.4 is 5.32 Å². The minimum absolute atomic E-state index is 0.0772. The highest BCUT2D eigenvalue weighted by Crippen LogP contribution is 2.21. The van der Waals surface area contributed by atoms with Crippen LogP contribution in [0.4, 0.5) is 0 Å². The number of rotatable bonds is 6. The van der Waals surface area contributed by atoms with Gasteiger partial charge in [0.05, 0.1) is 6.61 Å². The van der Waals surface area contributed by atoms with Gasteiger partial charge in [0, 0.05) is 22.6 Å². The molecule has 0 radical (unpaired) electrons. The fourth-order valence-corrected chi connectivity index (χ4v) is 2.15. The van der Waals surface area contributed by atoms with Gasteiger partial charge >= 0.3 is 0 Å². The molecule has 1 unspecified atom stereocenters. The molecule has 0 spiro atoms. The minimum Gasteiger partial charge on any atom is -0.508 e. The topological polar surface area (TPSA) is 52.5 Å². The molecule has 0 saturated heterocycles. The highest BCUT2D eigenvalue weighted by molar-refractivity contribution is 9.10. The Balaban J connectivity index is 2.56. The van der Waals surface area contributed by atoms with Crippen molar-refractivity contribution >= 4 is 15.9 Å². The van der Waals surface area contributed by atoms with Gasteiger partial charge in [-0.3, -0.25) is 0 Å². The maximum Gasteiger partial charge on any atom is 0.120 e. The van der Waals surface area contributed by atoms with E-state index in [9.17, 15) is 10.2 Å². The number of hydrogen-bond acceptors (Lipinski definition) is 3. The molecule has 0 saturated carbocycles. The first-order chi connectivity index (χ1) is 8.02. The van der Waals surface area contributed by atoms with E-state index in [0.29, 0.717) is 12.5 Å². The van der Waals surface area contributed by atoms with Crippen molar-refractivity contribution in [2.75, 3.05) is 6.61 Å². The second-order valence-corrected chi connectivity index (χ2v) is 5.58. The number of phenolic OH excluding ortho intramolecular Hbond substituents is 1. The van der Waals surface area contributed by atoms with E-state index in [2.05, 4.69) is 35.1 Å². The van der Waals surface area contributed by atoms with Gasteiger partial charge in [0.2, 0.25) is 0 Å². The summed E-state index contributed by atoms with van der Waals surface area (Å²) in [5.41, 5.74) is 0.835. The molecular formula is C13H20BrNO2. The lowest BCUT2D eigenvalue weighted by Gasteiger charge is -2.18. The Morgan fingerprint density at radius 2 is 2.06 bits per heavy atom. The van der Waals surface area contributed by atoms with E-state index in [1.807, 2.05) is 6.07 Å². The normalized spacial score (nSPS) is 13.0. The standard InChI is InChI=1S/C13H20BrNO2/c1-9(2)5-12(8-16)15-7-10-6-11(14)3-4-13(10)17/h3-4,6,9,12,15-17H,5,7-8H2,1-2H3. The molecule has 17 heavy (non-hydrogen) atoms. The summed E-state index contributed by atoms with van der Waals surface area (Å²) in [6.07, 6.45) is 0.922. The number of benzene rings is 1. The van der Waals surface area contributed by atoms with Crippen molar-refractivity contribution in [3.8, 4) is 5.75 Å². The average Bonchev–Trinajstić information content (AvgIpc) is 2.28. The third-order valence-corrected chi connectivity index (χ3v) is 3.09. The van der Waals surface area contributed by atoms with Gasteiger partial charge in [-0.1, -0.05) is 29.8 Å². The predicted octanol–water partition coefficient (Wildman–Crippen LogP) is 2.65. The summed E-state index contributed by atoms with van der Waals surface area (Å²) >= 11 is 3.37. The lowest BCUT2D eigenvalue weighted by atomic mass is 10.0. The van der Waals surface area contributed by atoms with Crippen molar-refractivity contribution in [1.29, 1.82) is 0 Å². The van der Waals surface area contributed by atoms with Crippen molar-refractivity contribution in [3.05, 3.63) is 28.2 Å². The number of hydrogen-bond donors (Lipinski definition) is 3. The Morgan fingerprint density at radius 3 is 2.65 bits per heavy atom. The number of aliphatic hydroxyl groups excluding tert-OH is 1. The van der Waals surface area contributed by atoms with E-state index in [-0.39, 0.29) is 18.4 Å². The van der Waals surface area contributed by atoms with E-state index >= 15 is 0 Å². The van der Waals surface area contributed by atoms with Gasteiger partial charge in [0.1, 0.15) is 5.75 Å². The van der Waals surface area contributed by atoms with Gasteiger partial charge in [0.15, 0.2) is 0 Å². The fraction of sp³-hybridized carbons (Fsp3) is 0.538. The molecule has 1 aromatic carbocycles. The molecule has 1 rings (SSSR count). The number of aromatic hydroxyl groups is 1. The summed E-state index contributed by atoms with van der Waals surface area (Å²) in [4.78, 5) is 0. The lowest BCUT2D eigenvalue weighted by molar-refractivity contribution is 0.223. The molecule has 0 aromatic heterocycles. The summed E-state index contributed by atoms with van der Waals surface area (Å²) in [6, 6.07) is 5.42. The molecule has 3 nitrogen and oxygen atoms in total. The number of halogens is 1. The Morgan fingerprint density at radius 1 is 1.35 bits per heavy atom. The quantitative estimate of drug-likeness (QED) is 0.757. The number of phenols is 1. The number of aliphatic hydroxyl groups is 1. The van der Waals surface area contributed by atoms with Crippen molar-refractivity contribution < 1.29 is 10.2 Å². The lowest BCUT2D eigenvalue weighted by Crippen LogP contribution is -2.33. The first-order valence-corrected chi connectivity index (χ1v) is 6.64. The molecule has 0 amide bonds. The minimum atomic E-state index is 0.0772. The Bertz CT molecular complexity index is 355. The highest BCUT2D eigenvalue weighted by Gasteiger charge is 2.10. The summed E-state index contributed by atoms with van der Waals surface area (Å²) < 4.78 is 0.941. The predicted molar refractivity (Wildman–Crippen MR) is 73.0 cm³/mol. The molecular weight excluding hydrogens is 282 g/mol. The molecule has 0 fully saturated rings. The first kappa shape index (κ1) is 14.5. The maximum atomic E-state index is 9.68. The van der Waals surface area contributed by atoms with Crippen LogP contribution in [0.1, 0.15) is 25.8 Å². The smallest absolute Gasteiger partial charge is 0.120 e. The Labute approximate surface area is 111 Å². The monoisotopic (exact) mass is 301 g/mol. The van der Waals surface area contributed by atoms with Crippen LogP contribution in [0.5, 0.6) is 5.75 Å². The molecule has 0 aliphatic rings. The van der Waals surface area contributed by atoms with Gasteiger partial charge in [-0.2, -0.15) is 0 Å². The zero-order valence-electron chi connectivity index (χ0n) is 10.3. The summed E-state index contributed by atoms with van der Waals surface area (Å²) in [5, 5.41) is 22.2. The Kier molecular flexibility index (Phi) is 5.95. The molecule has 1 aromatic rings. The van der Waals surface area contributed by atoms with E-state index in [1.54, 1.807) is 12.1 Å². The molecule has 96 valence electrons. The van der Waals surface area contributed by atoms with E-state index in [0.717, 1.165) is 16.5 Å². The largest absolute Gasteiger partial charge is 0.508 e. The van der Waals surface area contributed by atoms with Gasteiger partial charge < -0.3 is 15.5 Å². The van der Waals surface area contributed by atoms with Crippen LogP contribution in [0, 0.1) is 5.92 Å². The zero-order valence-corrected chi connectivity index (χ0v) is 11.9. The molecule has 4 heteroatoms. The van der Waals surface area contributed by atoms with Gasteiger partial charge in [0.25, 0.3) is 0 Å². The van der Waals surface area contributed by atoms with E-state index in [4.69, 9.17) is 0 Å². The first-order valence-electron chi connectivity index (χ1n) is 5.84. The molecule has 3 N–H and O–H groups in total. The molecule has 0 aliphatic carbocycles. The highest BCUT2D eigenvalue weighted by atomic mass is 79.9. The van der Waals surface area contributed by atoms with E-state index < -0.39 is 0 Å². The van der Waals surface area contributed by atoms with Crippen LogP contribution in [0.3, 0.4) is 0 Å². The molecule has 0 heterocycles. The Hall–Kier alpha value is -0.580. The van der Waals surface area contributed by atoms with Gasteiger partial charge in [-0.15, -0.1) is 0 Å². The van der Waals surface area contributed by atoms with Crippen LogP contribution in [0.25, 0.3) is 0 Å². The van der Waals surface area contributed by atoms with Gasteiger partial charge in [-0.05, 0) is 30.5 Å². The van der Waals surface area contributed by atoms with Crippen molar-refractivity contribution in [2.24, 2.45) is 5.92 Å². The molecule has 0 aliphatic heterocycles. The van der Waals surface area contributed by atoms with Crippen molar-refractivity contribution in [1.82, 2.24) is 5.32 Å². The van der Waals surface area contributed by atoms with Crippen LogP contribution in [0.15, 0.2) is 22.7 Å². The maximum absolute atomic E-state index is 9.68. The van der Waals surface area contributed by atoms with Crippen LogP contribution in [-0.4, -0.2) is 22.9 Å². The van der Waals surface area contributed by atoms with Crippen LogP contribution >= 0.6 is 15.9 Å². The molecule has 1 atom stereocenters. The van der Waals surface area contributed by atoms with E-state index in [1.165, 1.54) is 0 Å². The third-order valence-electron chi connectivity index (χ3n) is 2.60. The zero-order chi connectivity index (χ0) is 12.8. The third kappa shape index (κ3) is 5.06. The second-order valence-electron chi connectivity index (χ2n) is 4.66. The average molecular weight is 302 g/mol. The van der Waals surface area contributed by atoms with Gasteiger partial charge in [-0.25, -0.2) is 0 Å². The summed E-state index contributed by atoms with van der Waals surface area (Å²) in [6.45, 7) is 4.93. The van der Waals surface area contributed by atoms with Crippen LogP contribution in [-0.2, 0) is 6.54 Å². The fourth-order valence-electron chi connectivity index (χ4n) is 1.74. The van der Waals surface area contributed by atoms with Crippen molar-refractivity contribution in [2.45, 2.75) is 32.9 Å². The molecule has 0 bridgehead atoms. The van der Waals surface area contributed by atoms with Crippen LogP contribution in [0.2, 0.25) is 0 Å².